The number of nitrogens with zero attached hydrogens (tertiary/aromatic N) is 1. The van der Waals surface area contributed by atoms with E-state index in [-0.39, 0.29) is 16.9 Å². The van der Waals surface area contributed by atoms with Crippen LogP contribution in [0.4, 0.5) is 0 Å². The van der Waals surface area contributed by atoms with Crippen LogP contribution in [0.3, 0.4) is 0 Å². The van der Waals surface area contributed by atoms with Crippen LogP contribution in [0, 0.1) is 27.4 Å². The highest BCUT2D eigenvalue weighted by Gasteiger charge is 2.44. The summed E-state index contributed by atoms with van der Waals surface area (Å²) in [6, 6.07) is 0. The van der Waals surface area contributed by atoms with Crippen molar-refractivity contribution in [2.45, 2.75) is 33.1 Å². The second kappa shape index (κ2) is 4.07. The van der Waals surface area contributed by atoms with Crippen molar-refractivity contribution < 1.29 is 9.72 Å². The summed E-state index contributed by atoms with van der Waals surface area (Å²) in [5.74, 6) is 0.991. The van der Waals surface area contributed by atoms with Gasteiger partial charge in [0.15, 0.2) is 0 Å². The number of hydrogen-bond donors (Lipinski definition) is 0. The maximum absolute atomic E-state index is 10.5. The summed E-state index contributed by atoms with van der Waals surface area (Å²) in [5, 5.41) is 10.5. The maximum Gasteiger partial charge on any atom is 0.209 e. The molecule has 0 bridgehead atoms. The third-order valence-electron chi connectivity index (χ3n) is 3.46. The van der Waals surface area contributed by atoms with Crippen molar-refractivity contribution in [1.29, 1.82) is 0 Å². The fourth-order valence-electron chi connectivity index (χ4n) is 2.66. The normalized spacial score (nSPS) is 30.1. The smallest absolute Gasteiger partial charge is 0.209 e. The van der Waals surface area contributed by atoms with Gasteiger partial charge in [0.25, 0.3) is 0 Å². The molecule has 0 spiro atoms. The molecule has 1 aliphatic rings. The molecule has 0 aliphatic heterocycles. The van der Waals surface area contributed by atoms with E-state index in [4.69, 9.17) is 0 Å². The second-order valence-electron chi connectivity index (χ2n) is 4.72. The third-order valence-corrected chi connectivity index (χ3v) is 3.46. The van der Waals surface area contributed by atoms with Crippen LogP contribution in [0.25, 0.3) is 0 Å². The van der Waals surface area contributed by atoms with Gasteiger partial charge in [-0.05, 0) is 24.7 Å². The Bertz CT molecular complexity index is 230. The molecule has 14 heavy (non-hydrogen) atoms. The second-order valence-corrected chi connectivity index (χ2v) is 4.72. The molecule has 0 N–H and O–H groups in total. The Kier molecular flexibility index (Phi) is 3.24. The SMILES string of the molecule is C[C@@H]1CC(CC=O)(C[N+](=O)[O-])C[C@H]1C. The molecule has 1 fully saturated rings. The highest BCUT2D eigenvalue weighted by molar-refractivity contribution is 5.51. The van der Waals surface area contributed by atoms with Gasteiger partial charge >= 0.3 is 0 Å². The standard InChI is InChI=1S/C10H17NO3/c1-8-5-10(3-4-12,6-9(8)2)7-11(13)14/h4,8-9H,3,5-7H2,1-2H3/t8-,9-/m1/s1. The van der Waals surface area contributed by atoms with Crippen molar-refractivity contribution in [2.24, 2.45) is 17.3 Å². The first-order valence-corrected chi connectivity index (χ1v) is 5.04. The molecule has 0 amide bonds. The summed E-state index contributed by atoms with van der Waals surface area (Å²) in [7, 11) is 0. The van der Waals surface area contributed by atoms with Crippen LogP contribution in [0.5, 0.6) is 0 Å². The summed E-state index contributed by atoms with van der Waals surface area (Å²) < 4.78 is 0. The fourth-order valence-corrected chi connectivity index (χ4v) is 2.66. The van der Waals surface area contributed by atoms with Gasteiger partial charge in [0.1, 0.15) is 6.29 Å². The van der Waals surface area contributed by atoms with E-state index in [1.807, 2.05) is 0 Å². The molecule has 0 saturated heterocycles. The minimum absolute atomic E-state index is 0.0551. The van der Waals surface area contributed by atoms with Crippen LogP contribution in [-0.4, -0.2) is 17.8 Å². The number of carbonyl (C=O) groups excluding carboxylic acids is 1. The molecule has 0 unspecified atom stereocenters. The molecule has 0 radical (unpaired) electrons. The molecule has 0 aromatic heterocycles. The first-order valence-electron chi connectivity index (χ1n) is 5.04. The maximum atomic E-state index is 10.5. The molecule has 1 rings (SSSR count). The first kappa shape index (κ1) is 11.1. The van der Waals surface area contributed by atoms with Gasteiger partial charge in [-0.3, -0.25) is 10.1 Å². The van der Waals surface area contributed by atoms with Gasteiger partial charge in [-0.25, -0.2) is 0 Å². The molecule has 0 aromatic carbocycles. The lowest BCUT2D eigenvalue weighted by atomic mass is 9.82. The zero-order chi connectivity index (χ0) is 10.8. The van der Waals surface area contributed by atoms with E-state index in [1.165, 1.54) is 0 Å². The lowest BCUT2D eigenvalue weighted by Crippen LogP contribution is -2.28. The Balaban J connectivity index is 2.73. The van der Waals surface area contributed by atoms with Crippen LogP contribution in [0.2, 0.25) is 0 Å². The predicted molar refractivity (Wildman–Crippen MR) is 52.5 cm³/mol. The van der Waals surface area contributed by atoms with E-state index in [0.717, 1.165) is 19.1 Å². The molecule has 4 heteroatoms. The van der Waals surface area contributed by atoms with Gasteiger partial charge in [0, 0.05) is 16.8 Å². The minimum atomic E-state index is -0.357. The Morgan fingerprint density at radius 1 is 1.43 bits per heavy atom. The van der Waals surface area contributed by atoms with Crippen LogP contribution in [0.15, 0.2) is 0 Å². The van der Waals surface area contributed by atoms with Gasteiger partial charge in [-0.1, -0.05) is 13.8 Å². The summed E-state index contributed by atoms with van der Waals surface area (Å²) in [6.45, 7) is 4.16. The quantitative estimate of drug-likeness (QED) is 0.394. The molecule has 0 heterocycles. The molecule has 1 saturated carbocycles. The van der Waals surface area contributed by atoms with Crippen LogP contribution in [-0.2, 0) is 4.79 Å². The van der Waals surface area contributed by atoms with Crippen molar-refractivity contribution in [2.75, 3.05) is 6.54 Å². The fraction of sp³-hybridized carbons (Fsp3) is 0.900. The number of carbonyl (C=O) groups is 1. The summed E-state index contributed by atoms with van der Waals surface area (Å²) in [4.78, 5) is 20.8. The Hall–Kier alpha value is -0.930. The van der Waals surface area contributed by atoms with E-state index in [1.54, 1.807) is 0 Å². The number of nitro groups is 1. The average molecular weight is 199 g/mol. The number of rotatable bonds is 4. The summed E-state index contributed by atoms with van der Waals surface area (Å²) >= 11 is 0. The highest BCUT2D eigenvalue weighted by Crippen LogP contribution is 2.47. The van der Waals surface area contributed by atoms with Crippen molar-refractivity contribution in [1.82, 2.24) is 0 Å². The molecule has 4 nitrogen and oxygen atoms in total. The molecule has 0 aromatic rings. The average Bonchev–Trinajstić information content (AvgIpc) is 2.26. The van der Waals surface area contributed by atoms with E-state index >= 15 is 0 Å². The van der Waals surface area contributed by atoms with Gasteiger partial charge < -0.3 is 4.79 Å². The highest BCUT2D eigenvalue weighted by atomic mass is 16.6. The Labute approximate surface area is 83.8 Å². The number of aldehydes is 1. The minimum Gasteiger partial charge on any atom is -0.303 e. The first-order chi connectivity index (χ1) is 6.49. The van der Waals surface area contributed by atoms with E-state index in [0.29, 0.717) is 18.3 Å². The number of hydrogen-bond acceptors (Lipinski definition) is 3. The molecule has 80 valence electrons. The summed E-state index contributed by atoms with van der Waals surface area (Å²) in [6.07, 6.45) is 2.79. The van der Waals surface area contributed by atoms with Crippen molar-refractivity contribution in [3.8, 4) is 0 Å². The monoisotopic (exact) mass is 199 g/mol. The van der Waals surface area contributed by atoms with E-state index < -0.39 is 0 Å². The van der Waals surface area contributed by atoms with Gasteiger partial charge in [0.2, 0.25) is 6.54 Å². The Morgan fingerprint density at radius 3 is 2.29 bits per heavy atom. The topological polar surface area (TPSA) is 60.2 Å². The van der Waals surface area contributed by atoms with Gasteiger partial charge in [0.05, 0.1) is 0 Å². The van der Waals surface area contributed by atoms with Crippen LogP contribution < -0.4 is 0 Å². The molecular formula is C10H17NO3. The molecule has 2 atom stereocenters. The van der Waals surface area contributed by atoms with Crippen molar-refractivity contribution >= 4 is 6.29 Å². The Morgan fingerprint density at radius 2 is 1.93 bits per heavy atom. The van der Waals surface area contributed by atoms with Crippen LogP contribution >= 0.6 is 0 Å². The van der Waals surface area contributed by atoms with Crippen molar-refractivity contribution in [3.05, 3.63) is 10.1 Å². The third kappa shape index (κ3) is 2.30. The van der Waals surface area contributed by atoms with E-state index in [2.05, 4.69) is 13.8 Å². The van der Waals surface area contributed by atoms with E-state index in [9.17, 15) is 14.9 Å². The summed E-state index contributed by atoms with van der Waals surface area (Å²) in [5.41, 5.74) is -0.357. The molecule has 1 aliphatic carbocycles. The van der Waals surface area contributed by atoms with Gasteiger partial charge in [-0.2, -0.15) is 0 Å². The largest absolute Gasteiger partial charge is 0.303 e. The lowest BCUT2D eigenvalue weighted by molar-refractivity contribution is -0.497. The van der Waals surface area contributed by atoms with Gasteiger partial charge in [-0.15, -0.1) is 0 Å². The predicted octanol–water partition coefficient (Wildman–Crippen LogP) is 1.90. The lowest BCUT2D eigenvalue weighted by Gasteiger charge is -2.21. The van der Waals surface area contributed by atoms with Crippen LogP contribution in [0.1, 0.15) is 33.1 Å². The zero-order valence-corrected chi connectivity index (χ0v) is 8.73. The van der Waals surface area contributed by atoms with Crippen molar-refractivity contribution in [3.63, 3.8) is 0 Å². The zero-order valence-electron chi connectivity index (χ0n) is 8.73. The molecular weight excluding hydrogens is 182 g/mol.